The fraction of sp³-hybridized carbons (Fsp3) is 0.133. The normalized spacial score (nSPS) is 10.4. The second kappa shape index (κ2) is 4.69. The van der Waals surface area contributed by atoms with Gasteiger partial charge in [0, 0.05) is 0 Å². The van der Waals surface area contributed by atoms with Gasteiger partial charge in [-0.25, -0.2) is 8.78 Å². The van der Waals surface area contributed by atoms with Gasteiger partial charge in [-0.2, -0.15) is 0 Å². The minimum Gasteiger partial charge on any atom is -0.288 e. The summed E-state index contributed by atoms with van der Waals surface area (Å²) in [6, 6.07) is 9.04. The van der Waals surface area contributed by atoms with Gasteiger partial charge in [-0.05, 0) is 37.1 Å². The van der Waals surface area contributed by atoms with E-state index in [1.165, 1.54) is 12.1 Å². The molecule has 92 valence electrons. The number of carbonyl (C=O) groups excluding carboxylic acids is 1. The first kappa shape index (κ1) is 12.4. The van der Waals surface area contributed by atoms with Crippen molar-refractivity contribution in [2.24, 2.45) is 0 Å². The Morgan fingerprint density at radius 3 is 1.61 bits per heavy atom. The van der Waals surface area contributed by atoms with E-state index in [1.54, 1.807) is 38.1 Å². The largest absolute Gasteiger partial charge is 0.288 e. The molecule has 0 N–H and O–H groups in total. The maximum absolute atomic E-state index is 13.8. The van der Waals surface area contributed by atoms with Crippen LogP contribution in [0.25, 0.3) is 0 Å². The molecule has 0 aliphatic rings. The Morgan fingerprint density at radius 1 is 0.833 bits per heavy atom. The molecule has 0 radical (unpaired) electrons. The van der Waals surface area contributed by atoms with Crippen molar-refractivity contribution >= 4 is 5.78 Å². The van der Waals surface area contributed by atoms with Gasteiger partial charge in [0.15, 0.2) is 5.78 Å². The predicted octanol–water partition coefficient (Wildman–Crippen LogP) is 3.81. The highest BCUT2D eigenvalue weighted by atomic mass is 19.1. The van der Waals surface area contributed by atoms with Crippen molar-refractivity contribution in [1.82, 2.24) is 0 Å². The fourth-order valence-electron chi connectivity index (χ4n) is 1.79. The van der Waals surface area contributed by atoms with Crippen LogP contribution in [-0.2, 0) is 0 Å². The van der Waals surface area contributed by atoms with Crippen molar-refractivity contribution in [3.8, 4) is 0 Å². The molecule has 0 spiro atoms. The lowest BCUT2D eigenvalue weighted by Gasteiger charge is -2.07. The molecule has 0 unspecified atom stereocenters. The quantitative estimate of drug-likeness (QED) is 0.736. The lowest BCUT2D eigenvalue weighted by molar-refractivity contribution is 0.103. The molecule has 0 saturated heterocycles. The first-order valence-electron chi connectivity index (χ1n) is 5.57. The van der Waals surface area contributed by atoms with Crippen LogP contribution < -0.4 is 0 Å². The number of aryl methyl sites for hydroxylation is 2. The number of carbonyl (C=O) groups is 1. The summed E-state index contributed by atoms with van der Waals surface area (Å²) in [6.45, 7) is 3.14. The zero-order valence-corrected chi connectivity index (χ0v) is 10.1. The van der Waals surface area contributed by atoms with Crippen molar-refractivity contribution in [2.45, 2.75) is 13.8 Å². The molecular weight excluding hydrogens is 234 g/mol. The van der Waals surface area contributed by atoms with E-state index < -0.39 is 17.4 Å². The molecule has 0 aliphatic carbocycles. The highest BCUT2D eigenvalue weighted by Gasteiger charge is 2.19. The second-order valence-electron chi connectivity index (χ2n) is 4.20. The van der Waals surface area contributed by atoms with Crippen LogP contribution in [-0.4, -0.2) is 5.78 Å². The van der Waals surface area contributed by atoms with Crippen molar-refractivity contribution in [3.63, 3.8) is 0 Å². The number of benzene rings is 2. The minimum atomic E-state index is -0.627. The van der Waals surface area contributed by atoms with E-state index >= 15 is 0 Å². The maximum Gasteiger partial charge on any atom is 0.198 e. The summed E-state index contributed by atoms with van der Waals surface area (Å²) in [5, 5.41) is 0. The van der Waals surface area contributed by atoms with E-state index in [4.69, 9.17) is 0 Å². The van der Waals surface area contributed by atoms with E-state index in [0.717, 1.165) is 0 Å². The molecule has 1 nitrogen and oxygen atoms in total. The lowest BCUT2D eigenvalue weighted by Crippen LogP contribution is -2.08. The van der Waals surface area contributed by atoms with E-state index in [-0.39, 0.29) is 11.1 Å². The molecule has 0 aliphatic heterocycles. The summed E-state index contributed by atoms with van der Waals surface area (Å²) < 4.78 is 27.7. The molecule has 3 heteroatoms. The van der Waals surface area contributed by atoms with Crippen LogP contribution in [0.2, 0.25) is 0 Å². The first-order valence-corrected chi connectivity index (χ1v) is 5.57. The maximum atomic E-state index is 13.8. The standard InChI is InChI=1S/C15H12F2O/c1-9-5-3-7-11(13(9)16)15(18)12-8-4-6-10(2)14(12)17/h3-8H,1-2H3. The Kier molecular flexibility index (Phi) is 3.24. The van der Waals surface area contributed by atoms with Crippen LogP contribution in [0.3, 0.4) is 0 Å². The van der Waals surface area contributed by atoms with E-state index in [0.29, 0.717) is 11.1 Å². The minimum absolute atomic E-state index is 0.0977. The lowest BCUT2D eigenvalue weighted by atomic mass is 9.99. The highest BCUT2D eigenvalue weighted by Crippen LogP contribution is 2.19. The third-order valence-corrected chi connectivity index (χ3v) is 2.87. The summed E-state index contributed by atoms with van der Waals surface area (Å²) in [6.07, 6.45) is 0. The fourth-order valence-corrected chi connectivity index (χ4v) is 1.79. The Balaban J connectivity index is 2.55. The Labute approximate surface area is 104 Å². The van der Waals surface area contributed by atoms with Gasteiger partial charge < -0.3 is 0 Å². The third-order valence-electron chi connectivity index (χ3n) is 2.87. The Morgan fingerprint density at radius 2 is 1.22 bits per heavy atom. The number of ketones is 1. The number of hydrogen-bond acceptors (Lipinski definition) is 1. The SMILES string of the molecule is Cc1cccc(C(=O)c2cccc(C)c2F)c1F. The first-order chi connectivity index (χ1) is 8.52. The smallest absolute Gasteiger partial charge is 0.198 e. The van der Waals surface area contributed by atoms with Crippen LogP contribution in [0.15, 0.2) is 36.4 Å². The number of hydrogen-bond donors (Lipinski definition) is 0. The topological polar surface area (TPSA) is 17.1 Å². The monoisotopic (exact) mass is 246 g/mol. The second-order valence-corrected chi connectivity index (χ2v) is 4.20. The molecule has 0 aromatic heterocycles. The summed E-state index contributed by atoms with van der Waals surface area (Å²) in [5.74, 6) is -1.82. The molecule has 18 heavy (non-hydrogen) atoms. The van der Waals surface area contributed by atoms with Crippen LogP contribution in [0.1, 0.15) is 27.0 Å². The highest BCUT2D eigenvalue weighted by molar-refractivity contribution is 6.09. The zero-order chi connectivity index (χ0) is 13.3. The molecule has 0 heterocycles. The molecule has 0 bridgehead atoms. The van der Waals surface area contributed by atoms with Gasteiger partial charge in [0.2, 0.25) is 0 Å². The molecule has 0 amide bonds. The van der Waals surface area contributed by atoms with E-state index in [2.05, 4.69) is 0 Å². The summed E-state index contributed by atoms with van der Waals surface area (Å²) >= 11 is 0. The molecule has 0 saturated carbocycles. The van der Waals surface area contributed by atoms with Crippen molar-refractivity contribution in [2.75, 3.05) is 0 Å². The van der Waals surface area contributed by atoms with Gasteiger partial charge in [-0.15, -0.1) is 0 Å². The molecule has 2 aromatic carbocycles. The summed E-state index contributed by atoms with van der Waals surface area (Å²) in [4.78, 5) is 12.1. The van der Waals surface area contributed by atoms with Gasteiger partial charge in [0.1, 0.15) is 11.6 Å². The summed E-state index contributed by atoms with van der Waals surface area (Å²) in [7, 11) is 0. The average Bonchev–Trinajstić information content (AvgIpc) is 2.35. The summed E-state index contributed by atoms with van der Waals surface area (Å²) in [5.41, 5.74) is 0.543. The van der Waals surface area contributed by atoms with Gasteiger partial charge in [-0.3, -0.25) is 4.79 Å². The van der Waals surface area contributed by atoms with Crippen molar-refractivity contribution in [3.05, 3.63) is 70.3 Å². The van der Waals surface area contributed by atoms with Gasteiger partial charge in [0.05, 0.1) is 11.1 Å². The molecule has 0 atom stereocenters. The van der Waals surface area contributed by atoms with Gasteiger partial charge >= 0.3 is 0 Å². The predicted molar refractivity (Wildman–Crippen MR) is 65.7 cm³/mol. The molecular formula is C15H12F2O. The third kappa shape index (κ3) is 2.04. The number of rotatable bonds is 2. The van der Waals surface area contributed by atoms with Gasteiger partial charge in [0.25, 0.3) is 0 Å². The Bertz CT molecular complexity index is 564. The van der Waals surface area contributed by atoms with E-state index in [9.17, 15) is 13.6 Å². The van der Waals surface area contributed by atoms with Crippen LogP contribution in [0.5, 0.6) is 0 Å². The molecule has 0 fully saturated rings. The van der Waals surface area contributed by atoms with E-state index in [1.807, 2.05) is 0 Å². The van der Waals surface area contributed by atoms with Crippen molar-refractivity contribution in [1.29, 1.82) is 0 Å². The van der Waals surface area contributed by atoms with Gasteiger partial charge in [-0.1, -0.05) is 24.3 Å². The van der Waals surface area contributed by atoms with Crippen LogP contribution in [0.4, 0.5) is 8.78 Å². The van der Waals surface area contributed by atoms with Crippen LogP contribution >= 0.6 is 0 Å². The Hall–Kier alpha value is -2.03. The number of halogens is 2. The van der Waals surface area contributed by atoms with Crippen LogP contribution in [0, 0.1) is 25.5 Å². The average molecular weight is 246 g/mol. The zero-order valence-electron chi connectivity index (χ0n) is 10.1. The van der Waals surface area contributed by atoms with Crippen molar-refractivity contribution < 1.29 is 13.6 Å². The molecule has 2 rings (SSSR count). The molecule has 2 aromatic rings.